The molecule has 0 aromatic carbocycles. The Labute approximate surface area is 102 Å². The average molecular weight is 243 g/mol. The van der Waals surface area contributed by atoms with Crippen molar-refractivity contribution in [2.45, 2.75) is 45.3 Å². The lowest BCUT2D eigenvalue weighted by Crippen LogP contribution is -2.37. The minimum absolute atomic E-state index is 0.224. The van der Waals surface area contributed by atoms with E-state index < -0.39 is 23.6 Å². The molecule has 2 N–H and O–H groups in total. The zero-order valence-electron chi connectivity index (χ0n) is 10.7. The summed E-state index contributed by atoms with van der Waals surface area (Å²) < 4.78 is 9.87. The SMILES string of the molecule is C=CC(=O)OCCCC(N)C(=O)OC(C)(C)C. The average Bonchev–Trinajstić information content (AvgIpc) is 2.21. The van der Waals surface area contributed by atoms with E-state index in [0.717, 1.165) is 6.08 Å². The topological polar surface area (TPSA) is 78.6 Å². The first-order chi connectivity index (χ1) is 7.76. The van der Waals surface area contributed by atoms with E-state index in [4.69, 9.17) is 15.2 Å². The molecule has 0 aromatic heterocycles. The van der Waals surface area contributed by atoms with Gasteiger partial charge in [0.15, 0.2) is 0 Å². The summed E-state index contributed by atoms with van der Waals surface area (Å²) in [6.45, 7) is 8.84. The summed E-state index contributed by atoms with van der Waals surface area (Å²) in [6.07, 6.45) is 2.02. The van der Waals surface area contributed by atoms with Gasteiger partial charge in [-0.25, -0.2) is 4.79 Å². The van der Waals surface area contributed by atoms with Crippen molar-refractivity contribution >= 4 is 11.9 Å². The lowest BCUT2D eigenvalue weighted by Gasteiger charge is -2.22. The van der Waals surface area contributed by atoms with Crippen LogP contribution in [0.4, 0.5) is 0 Å². The number of nitrogens with two attached hydrogens (primary N) is 1. The highest BCUT2D eigenvalue weighted by molar-refractivity contribution is 5.81. The van der Waals surface area contributed by atoms with Gasteiger partial charge in [-0.15, -0.1) is 0 Å². The van der Waals surface area contributed by atoms with Crippen molar-refractivity contribution in [2.24, 2.45) is 5.73 Å². The molecule has 98 valence electrons. The maximum Gasteiger partial charge on any atom is 0.330 e. The molecular formula is C12H21NO4. The summed E-state index contributed by atoms with van der Waals surface area (Å²) >= 11 is 0. The molecule has 5 heteroatoms. The van der Waals surface area contributed by atoms with Gasteiger partial charge in [-0.05, 0) is 33.6 Å². The molecule has 1 unspecified atom stereocenters. The molecular weight excluding hydrogens is 222 g/mol. The Hall–Kier alpha value is -1.36. The molecule has 0 amide bonds. The standard InChI is InChI=1S/C12H21NO4/c1-5-10(14)16-8-6-7-9(13)11(15)17-12(2,3)4/h5,9H,1,6-8,13H2,2-4H3. The normalized spacial score (nSPS) is 12.7. The third-order valence-corrected chi connectivity index (χ3v) is 1.78. The molecule has 0 saturated carbocycles. The number of carbonyl (C=O) groups is 2. The van der Waals surface area contributed by atoms with Crippen LogP contribution in [0.1, 0.15) is 33.6 Å². The highest BCUT2D eigenvalue weighted by Gasteiger charge is 2.21. The number of carbonyl (C=O) groups excluding carboxylic acids is 2. The molecule has 0 bridgehead atoms. The maximum atomic E-state index is 11.5. The van der Waals surface area contributed by atoms with Gasteiger partial charge >= 0.3 is 11.9 Å². The fraction of sp³-hybridized carbons (Fsp3) is 0.667. The Morgan fingerprint density at radius 3 is 2.47 bits per heavy atom. The van der Waals surface area contributed by atoms with E-state index >= 15 is 0 Å². The second kappa shape index (κ2) is 7.06. The lowest BCUT2D eigenvalue weighted by atomic mass is 10.1. The summed E-state index contributed by atoms with van der Waals surface area (Å²) in [6, 6.07) is -0.684. The summed E-state index contributed by atoms with van der Waals surface area (Å²) in [7, 11) is 0. The Balaban J connectivity index is 3.79. The van der Waals surface area contributed by atoms with E-state index in [1.807, 2.05) is 0 Å². The first-order valence-corrected chi connectivity index (χ1v) is 5.54. The maximum absolute atomic E-state index is 11.5. The van der Waals surface area contributed by atoms with Gasteiger partial charge in [0.1, 0.15) is 11.6 Å². The highest BCUT2D eigenvalue weighted by Crippen LogP contribution is 2.09. The van der Waals surface area contributed by atoms with Crippen LogP contribution in [0.2, 0.25) is 0 Å². The van der Waals surface area contributed by atoms with Gasteiger partial charge in [0, 0.05) is 6.08 Å². The van der Waals surface area contributed by atoms with Crippen LogP contribution in [0, 0.1) is 0 Å². The van der Waals surface area contributed by atoms with Crippen molar-refractivity contribution in [1.82, 2.24) is 0 Å². The zero-order valence-corrected chi connectivity index (χ0v) is 10.7. The van der Waals surface area contributed by atoms with E-state index in [2.05, 4.69) is 6.58 Å². The molecule has 0 saturated heterocycles. The zero-order chi connectivity index (χ0) is 13.5. The number of rotatable bonds is 6. The summed E-state index contributed by atoms with van der Waals surface area (Å²) in [4.78, 5) is 22.2. The largest absolute Gasteiger partial charge is 0.463 e. The van der Waals surface area contributed by atoms with Crippen molar-refractivity contribution in [3.63, 3.8) is 0 Å². The van der Waals surface area contributed by atoms with Crippen LogP contribution in [0.15, 0.2) is 12.7 Å². The third-order valence-electron chi connectivity index (χ3n) is 1.78. The number of hydrogen-bond donors (Lipinski definition) is 1. The van der Waals surface area contributed by atoms with Crippen molar-refractivity contribution in [3.8, 4) is 0 Å². The van der Waals surface area contributed by atoms with Gasteiger partial charge in [0.2, 0.25) is 0 Å². The van der Waals surface area contributed by atoms with E-state index in [1.54, 1.807) is 20.8 Å². The molecule has 0 aromatic rings. The second-order valence-corrected chi connectivity index (χ2v) is 4.65. The fourth-order valence-electron chi connectivity index (χ4n) is 1.03. The molecule has 0 heterocycles. The molecule has 0 fully saturated rings. The minimum atomic E-state index is -0.684. The van der Waals surface area contributed by atoms with E-state index in [0.29, 0.717) is 12.8 Å². The Morgan fingerprint density at radius 1 is 1.41 bits per heavy atom. The smallest absolute Gasteiger partial charge is 0.330 e. The van der Waals surface area contributed by atoms with Crippen molar-refractivity contribution in [3.05, 3.63) is 12.7 Å². The number of ether oxygens (including phenoxy) is 2. The predicted molar refractivity (Wildman–Crippen MR) is 64.2 cm³/mol. The molecule has 1 atom stereocenters. The summed E-state index contributed by atoms with van der Waals surface area (Å²) in [5.74, 6) is -0.914. The van der Waals surface area contributed by atoms with Gasteiger partial charge in [-0.1, -0.05) is 6.58 Å². The van der Waals surface area contributed by atoms with Gasteiger partial charge < -0.3 is 15.2 Å². The first-order valence-electron chi connectivity index (χ1n) is 5.54. The van der Waals surface area contributed by atoms with E-state index in [-0.39, 0.29) is 6.61 Å². The summed E-state index contributed by atoms with van der Waals surface area (Å²) in [5, 5.41) is 0. The van der Waals surface area contributed by atoms with Crippen LogP contribution in [0.25, 0.3) is 0 Å². The van der Waals surface area contributed by atoms with Crippen LogP contribution in [0.3, 0.4) is 0 Å². The van der Waals surface area contributed by atoms with Gasteiger partial charge in [-0.3, -0.25) is 4.79 Å². The van der Waals surface area contributed by atoms with Gasteiger partial charge in [-0.2, -0.15) is 0 Å². The molecule has 5 nitrogen and oxygen atoms in total. The Morgan fingerprint density at radius 2 is 2.00 bits per heavy atom. The molecule has 0 radical (unpaired) electrons. The number of esters is 2. The second-order valence-electron chi connectivity index (χ2n) is 4.65. The van der Waals surface area contributed by atoms with Gasteiger partial charge in [0.25, 0.3) is 0 Å². The van der Waals surface area contributed by atoms with Gasteiger partial charge in [0.05, 0.1) is 6.61 Å². The van der Waals surface area contributed by atoms with Crippen molar-refractivity contribution in [1.29, 1.82) is 0 Å². The molecule has 0 aliphatic rings. The van der Waals surface area contributed by atoms with Crippen LogP contribution in [-0.2, 0) is 19.1 Å². The highest BCUT2D eigenvalue weighted by atomic mass is 16.6. The van der Waals surface area contributed by atoms with Crippen molar-refractivity contribution < 1.29 is 19.1 Å². The van der Waals surface area contributed by atoms with Crippen LogP contribution < -0.4 is 5.73 Å². The Bertz CT molecular complexity index is 281. The molecule has 0 spiro atoms. The fourth-order valence-corrected chi connectivity index (χ4v) is 1.03. The van der Waals surface area contributed by atoms with Crippen molar-refractivity contribution in [2.75, 3.05) is 6.61 Å². The lowest BCUT2D eigenvalue weighted by molar-refractivity contribution is -0.156. The number of hydrogen-bond acceptors (Lipinski definition) is 5. The molecule has 0 aliphatic heterocycles. The van der Waals surface area contributed by atoms with Crippen LogP contribution in [-0.4, -0.2) is 30.2 Å². The first kappa shape index (κ1) is 15.6. The predicted octanol–water partition coefficient (Wildman–Crippen LogP) is 1.16. The third kappa shape index (κ3) is 8.45. The van der Waals surface area contributed by atoms with Crippen LogP contribution in [0.5, 0.6) is 0 Å². The van der Waals surface area contributed by atoms with E-state index in [9.17, 15) is 9.59 Å². The summed E-state index contributed by atoms with van der Waals surface area (Å²) in [5.41, 5.74) is 5.10. The molecule has 0 aliphatic carbocycles. The van der Waals surface area contributed by atoms with Crippen LogP contribution >= 0.6 is 0 Å². The molecule has 17 heavy (non-hydrogen) atoms. The molecule has 0 rings (SSSR count). The Kier molecular flexibility index (Phi) is 6.50. The monoisotopic (exact) mass is 243 g/mol. The minimum Gasteiger partial charge on any atom is -0.463 e. The van der Waals surface area contributed by atoms with E-state index in [1.165, 1.54) is 0 Å². The quantitative estimate of drug-likeness (QED) is 0.430.